The molecular formula is C13H17N5. The second-order valence-corrected chi connectivity index (χ2v) is 4.30. The van der Waals surface area contributed by atoms with E-state index in [-0.39, 0.29) is 0 Å². The molecule has 5 heteroatoms. The number of nitriles is 1. The highest BCUT2D eigenvalue weighted by atomic mass is 15.2. The normalized spacial score (nSPS) is 11.0. The Balaban J connectivity index is 2.39. The fraction of sp³-hybridized carbons (Fsp3) is 0.385. The second-order valence-electron chi connectivity index (χ2n) is 4.30. The molecule has 94 valence electrons. The summed E-state index contributed by atoms with van der Waals surface area (Å²) in [5.41, 5.74) is 8.12. The highest BCUT2D eigenvalue weighted by Gasteiger charge is 2.11. The maximum absolute atomic E-state index is 9.04. The average molecular weight is 243 g/mol. The third kappa shape index (κ3) is 2.15. The number of para-hydroxylation sites is 1. The predicted octanol–water partition coefficient (Wildman–Crippen LogP) is 1.44. The Labute approximate surface area is 106 Å². The van der Waals surface area contributed by atoms with E-state index >= 15 is 0 Å². The summed E-state index contributed by atoms with van der Waals surface area (Å²) in [6.07, 6.45) is 0. The van der Waals surface area contributed by atoms with Gasteiger partial charge in [-0.2, -0.15) is 5.26 Å². The fourth-order valence-electron chi connectivity index (χ4n) is 1.92. The average Bonchev–Trinajstić information content (AvgIpc) is 2.71. The van der Waals surface area contributed by atoms with Gasteiger partial charge in [0.15, 0.2) is 0 Å². The van der Waals surface area contributed by atoms with Gasteiger partial charge in [0.25, 0.3) is 0 Å². The zero-order chi connectivity index (χ0) is 13.1. The van der Waals surface area contributed by atoms with Crippen LogP contribution in [0.4, 0.5) is 5.95 Å². The van der Waals surface area contributed by atoms with Crippen LogP contribution in [0.2, 0.25) is 0 Å². The van der Waals surface area contributed by atoms with Gasteiger partial charge in [-0.15, -0.1) is 0 Å². The third-order valence-corrected chi connectivity index (χ3v) is 3.17. The molecule has 1 aromatic heterocycles. The minimum atomic E-state index is 0.470. The number of imidazole rings is 1. The molecule has 0 aliphatic heterocycles. The van der Waals surface area contributed by atoms with Crippen LogP contribution in [0.1, 0.15) is 12.5 Å². The molecule has 0 spiro atoms. The molecular weight excluding hydrogens is 226 g/mol. The van der Waals surface area contributed by atoms with E-state index in [9.17, 15) is 0 Å². The molecule has 0 saturated heterocycles. The molecule has 0 saturated carbocycles. The Bertz CT molecular complexity index is 593. The van der Waals surface area contributed by atoms with Crippen LogP contribution in [-0.4, -0.2) is 34.6 Å². The number of nitrogen functional groups attached to an aromatic ring is 1. The lowest BCUT2D eigenvalue weighted by atomic mass is 10.2. The van der Waals surface area contributed by atoms with Gasteiger partial charge >= 0.3 is 0 Å². The fourth-order valence-corrected chi connectivity index (χ4v) is 1.92. The molecule has 0 radical (unpaired) electrons. The molecule has 2 aromatic rings. The standard InChI is InChI=1S/C13H17N5/c1-3-17(2)7-8-18-11-6-4-5-10(9-14)12(11)16-13(18)15/h4-6H,3,7-8H2,1-2H3,(H2,15,16). The first-order chi connectivity index (χ1) is 8.67. The second kappa shape index (κ2) is 5.07. The number of hydrogen-bond donors (Lipinski definition) is 1. The van der Waals surface area contributed by atoms with Gasteiger partial charge < -0.3 is 15.2 Å². The van der Waals surface area contributed by atoms with E-state index in [1.165, 1.54) is 0 Å². The van der Waals surface area contributed by atoms with Gasteiger partial charge in [-0.3, -0.25) is 0 Å². The topological polar surface area (TPSA) is 70.9 Å². The number of fused-ring (bicyclic) bond motifs is 1. The number of anilines is 1. The number of hydrogen-bond acceptors (Lipinski definition) is 4. The third-order valence-electron chi connectivity index (χ3n) is 3.17. The van der Waals surface area contributed by atoms with Gasteiger partial charge in [0.1, 0.15) is 11.6 Å². The van der Waals surface area contributed by atoms with E-state index in [4.69, 9.17) is 11.0 Å². The number of likely N-dealkylation sites (N-methyl/N-ethyl adjacent to an activating group) is 1. The van der Waals surface area contributed by atoms with E-state index in [1.54, 1.807) is 6.07 Å². The number of benzene rings is 1. The Morgan fingerprint density at radius 2 is 2.28 bits per heavy atom. The zero-order valence-corrected chi connectivity index (χ0v) is 10.7. The van der Waals surface area contributed by atoms with Crippen LogP contribution < -0.4 is 5.73 Å². The molecule has 1 heterocycles. The Kier molecular flexibility index (Phi) is 3.49. The first kappa shape index (κ1) is 12.4. The smallest absolute Gasteiger partial charge is 0.201 e. The summed E-state index contributed by atoms with van der Waals surface area (Å²) in [5, 5.41) is 9.04. The summed E-state index contributed by atoms with van der Waals surface area (Å²) >= 11 is 0. The van der Waals surface area contributed by atoms with Crippen molar-refractivity contribution in [3.8, 4) is 6.07 Å². The van der Waals surface area contributed by atoms with E-state index in [0.29, 0.717) is 17.0 Å². The van der Waals surface area contributed by atoms with Gasteiger partial charge in [0, 0.05) is 13.1 Å². The molecule has 0 atom stereocenters. The van der Waals surface area contributed by atoms with Crippen molar-refractivity contribution in [3.05, 3.63) is 23.8 Å². The molecule has 18 heavy (non-hydrogen) atoms. The molecule has 1 aromatic carbocycles. The molecule has 0 aliphatic carbocycles. The molecule has 0 aliphatic rings. The van der Waals surface area contributed by atoms with Gasteiger partial charge in [-0.05, 0) is 25.7 Å². The highest BCUT2D eigenvalue weighted by molar-refractivity contribution is 5.83. The Hall–Kier alpha value is -2.06. The van der Waals surface area contributed by atoms with Crippen LogP contribution in [0.15, 0.2) is 18.2 Å². The van der Waals surface area contributed by atoms with E-state index in [1.807, 2.05) is 16.7 Å². The van der Waals surface area contributed by atoms with Gasteiger partial charge in [0.2, 0.25) is 5.95 Å². The van der Waals surface area contributed by atoms with E-state index in [0.717, 1.165) is 25.2 Å². The molecule has 5 nitrogen and oxygen atoms in total. The van der Waals surface area contributed by atoms with Crippen LogP contribution in [0.25, 0.3) is 11.0 Å². The molecule has 2 N–H and O–H groups in total. The lowest BCUT2D eigenvalue weighted by Gasteiger charge is -2.14. The van der Waals surface area contributed by atoms with Gasteiger partial charge in [-0.25, -0.2) is 4.98 Å². The summed E-state index contributed by atoms with van der Waals surface area (Å²) in [4.78, 5) is 6.50. The van der Waals surface area contributed by atoms with Crippen LogP contribution in [0.5, 0.6) is 0 Å². The summed E-state index contributed by atoms with van der Waals surface area (Å²) in [5.74, 6) is 0.470. The van der Waals surface area contributed by atoms with Crippen molar-refractivity contribution in [2.45, 2.75) is 13.5 Å². The number of aromatic nitrogens is 2. The first-order valence-corrected chi connectivity index (χ1v) is 6.00. The van der Waals surface area contributed by atoms with Crippen molar-refractivity contribution in [1.29, 1.82) is 5.26 Å². The summed E-state index contributed by atoms with van der Waals surface area (Å²) in [6.45, 7) is 4.80. The molecule has 0 fully saturated rings. The van der Waals surface area contributed by atoms with Crippen molar-refractivity contribution < 1.29 is 0 Å². The monoisotopic (exact) mass is 243 g/mol. The summed E-state index contributed by atoms with van der Waals surface area (Å²) in [6, 6.07) is 7.72. The largest absolute Gasteiger partial charge is 0.369 e. The highest BCUT2D eigenvalue weighted by Crippen LogP contribution is 2.20. The van der Waals surface area contributed by atoms with E-state index < -0.39 is 0 Å². The SMILES string of the molecule is CCN(C)CCn1c(N)nc2c(C#N)cccc21. The van der Waals surface area contributed by atoms with Gasteiger partial charge in [-0.1, -0.05) is 13.0 Å². The lowest BCUT2D eigenvalue weighted by Crippen LogP contribution is -2.23. The van der Waals surface area contributed by atoms with Crippen molar-refractivity contribution in [1.82, 2.24) is 14.5 Å². The maximum Gasteiger partial charge on any atom is 0.201 e. The maximum atomic E-state index is 9.04. The lowest BCUT2D eigenvalue weighted by molar-refractivity contribution is 0.338. The molecule has 0 amide bonds. The van der Waals surface area contributed by atoms with Crippen LogP contribution >= 0.6 is 0 Å². The van der Waals surface area contributed by atoms with E-state index in [2.05, 4.69) is 29.9 Å². The van der Waals surface area contributed by atoms with Crippen LogP contribution in [-0.2, 0) is 6.54 Å². The minimum absolute atomic E-state index is 0.470. The number of nitrogens with two attached hydrogens (primary N) is 1. The zero-order valence-electron chi connectivity index (χ0n) is 10.7. The van der Waals surface area contributed by atoms with Crippen molar-refractivity contribution >= 4 is 17.0 Å². The van der Waals surface area contributed by atoms with Crippen LogP contribution in [0, 0.1) is 11.3 Å². The number of nitrogens with zero attached hydrogens (tertiary/aromatic N) is 4. The number of rotatable bonds is 4. The summed E-state index contributed by atoms with van der Waals surface area (Å²) < 4.78 is 1.96. The Morgan fingerprint density at radius 1 is 1.50 bits per heavy atom. The minimum Gasteiger partial charge on any atom is -0.369 e. The van der Waals surface area contributed by atoms with Crippen molar-refractivity contribution in [2.75, 3.05) is 25.9 Å². The van der Waals surface area contributed by atoms with Crippen LogP contribution in [0.3, 0.4) is 0 Å². The van der Waals surface area contributed by atoms with Crippen molar-refractivity contribution in [2.24, 2.45) is 0 Å². The molecule has 2 rings (SSSR count). The summed E-state index contributed by atoms with van der Waals surface area (Å²) in [7, 11) is 2.07. The predicted molar refractivity (Wildman–Crippen MR) is 72.0 cm³/mol. The quantitative estimate of drug-likeness (QED) is 0.882. The van der Waals surface area contributed by atoms with Gasteiger partial charge in [0.05, 0.1) is 11.1 Å². The van der Waals surface area contributed by atoms with Crippen molar-refractivity contribution in [3.63, 3.8) is 0 Å². The first-order valence-electron chi connectivity index (χ1n) is 6.00. The molecule has 0 bridgehead atoms. The molecule has 0 unspecified atom stereocenters. The Morgan fingerprint density at radius 3 is 2.94 bits per heavy atom.